The van der Waals surface area contributed by atoms with Crippen LogP contribution in [-0.2, 0) is 0 Å². The van der Waals surface area contributed by atoms with Gasteiger partial charge in [0, 0.05) is 5.33 Å². The van der Waals surface area contributed by atoms with E-state index in [-0.39, 0.29) is 0 Å². The van der Waals surface area contributed by atoms with Crippen molar-refractivity contribution >= 4 is 31.9 Å². The summed E-state index contributed by atoms with van der Waals surface area (Å²) in [5, 5.41) is 1.16. The Morgan fingerprint density at radius 3 is 2.53 bits per heavy atom. The van der Waals surface area contributed by atoms with Gasteiger partial charge in [0.1, 0.15) is 0 Å². The summed E-state index contributed by atoms with van der Waals surface area (Å²) in [7, 11) is 2.26. The molecule has 1 rings (SSSR count). The van der Waals surface area contributed by atoms with E-state index in [9.17, 15) is 0 Å². The Kier molecular flexibility index (Phi) is 6.79. The van der Waals surface area contributed by atoms with Crippen molar-refractivity contribution in [2.75, 3.05) is 18.9 Å². The Labute approximate surface area is 111 Å². The van der Waals surface area contributed by atoms with Gasteiger partial charge in [-0.25, -0.2) is 0 Å². The highest BCUT2D eigenvalue weighted by atomic mass is 79.9. The maximum absolute atomic E-state index is 3.95. The smallest absolute Gasteiger partial charge is 0.0764 e. The van der Waals surface area contributed by atoms with Crippen molar-refractivity contribution in [1.29, 1.82) is 0 Å². The van der Waals surface area contributed by atoms with E-state index in [1.807, 2.05) is 0 Å². The van der Waals surface area contributed by atoms with E-state index >= 15 is 0 Å². The summed E-state index contributed by atoms with van der Waals surface area (Å²) < 4.78 is 0.319. The second kappa shape index (κ2) is 7.29. The lowest BCUT2D eigenvalue weighted by atomic mass is 9.97. The standard InChI is InChI=1S/C12H23Br2N/c1-15-11-7-5-9-12(15,14)8-4-2-3-6-10-13/h2-11H2,1H3. The van der Waals surface area contributed by atoms with Crippen LogP contribution in [0.1, 0.15) is 51.4 Å². The monoisotopic (exact) mass is 339 g/mol. The van der Waals surface area contributed by atoms with Crippen molar-refractivity contribution in [2.24, 2.45) is 0 Å². The minimum Gasteiger partial charge on any atom is -0.292 e. The van der Waals surface area contributed by atoms with Crippen LogP contribution in [-0.4, -0.2) is 28.3 Å². The largest absolute Gasteiger partial charge is 0.292 e. The van der Waals surface area contributed by atoms with Crippen molar-refractivity contribution in [3.05, 3.63) is 0 Å². The molecule has 1 aliphatic rings. The Balaban J connectivity index is 2.17. The minimum absolute atomic E-state index is 0.319. The zero-order valence-corrected chi connectivity index (χ0v) is 12.9. The molecule has 90 valence electrons. The van der Waals surface area contributed by atoms with Gasteiger partial charge >= 0.3 is 0 Å². The van der Waals surface area contributed by atoms with Crippen LogP contribution in [0.2, 0.25) is 0 Å². The number of alkyl halides is 2. The molecule has 1 saturated heterocycles. The van der Waals surface area contributed by atoms with Gasteiger partial charge < -0.3 is 0 Å². The summed E-state index contributed by atoms with van der Waals surface area (Å²) >= 11 is 7.43. The predicted molar refractivity (Wildman–Crippen MR) is 75.0 cm³/mol. The van der Waals surface area contributed by atoms with E-state index in [0.717, 1.165) is 5.33 Å². The van der Waals surface area contributed by atoms with Crippen LogP contribution in [0.3, 0.4) is 0 Å². The molecule has 1 fully saturated rings. The maximum Gasteiger partial charge on any atom is 0.0764 e. The topological polar surface area (TPSA) is 3.24 Å². The lowest BCUT2D eigenvalue weighted by Crippen LogP contribution is -2.44. The molecule has 0 aromatic carbocycles. The number of halogens is 2. The average molecular weight is 341 g/mol. The molecule has 0 N–H and O–H groups in total. The van der Waals surface area contributed by atoms with Crippen molar-refractivity contribution in [1.82, 2.24) is 4.90 Å². The van der Waals surface area contributed by atoms with E-state index in [1.54, 1.807) is 0 Å². The molecule has 1 nitrogen and oxygen atoms in total. The molecule has 1 aliphatic heterocycles. The molecule has 0 aromatic rings. The first-order valence-corrected chi connectivity index (χ1v) is 8.06. The van der Waals surface area contributed by atoms with Crippen LogP contribution < -0.4 is 0 Å². The highest BCUT2D eigenvalue weighted by Crippen LogP contribution is 2.37. The van der Waals surface area contributed by atoms with Crippen molar-refractivity contribution in [3.63, 3.8) is 0 Å². The molecule has 3 heteroatoms. The number of rotatable bonds is 6. The van der Waals surface area contributed by atoms with E-state index < -0.39 is 0 Å². The summed E-state index contributed by atoms with van der Waals surface area (Å²) in [5.74, 6) is 0. The van der Waals surface area contributed by atoms with Crippen molar-refractivity contribution in [3.8, 4) is 0 Å². The van der Waals surface area contributed by atoms with Gasteiger partial charge in [0.15, 0.2) is 0 Å². The van der Waals surface area contributed by atoms with Crippen LogP contribution >= 0.6 is 31.9 Å². The van der Waals surface area contributed by atoms with Crippen LogP contribution in [0, 0.1) is 0 Å². The molecule has 1 unspecified atom stereocenters. The highest BCUT2D eigenvalue weighted by molar-refractivity contribution is 9.10. The van der Waals surface area contributed by atoms with Crippen molar-refractivity contribution in [2.45, 2.75) is 55.8 Å². The highest BCUT2D eigenvalue weighted by Gasteiger charge is 2.32. The molecule has 1 atom stereocenters. The van der Waals surface area contributed by atoms with Gasteiger partial charge in [-0.2, -0.15) is 0 Å². The number of unbranched alkanes of at least 4 members (excludes halogenated alkanes) is 3. The van der Waals surface area contributed by atoms with Crippen LogP contribution in [0.5, 0.6) is 0 Å². The Bertz CT molecular complexity index is 175. The Morgan fingerprint density at radius 1 is 1.13 bits per heavy atom. The second-order valence-corrected chi connectivity index (χ2v) is 6.92. The fourth-order valence-corrected chi connectivity index (χ4v) is 3.43. The molecule has 0 spiro atoms. The molecule has 0 amide bonds. The summed E-state index contributed by atoms with van der Waals surface area (Å²) in [5.41, 5.74) is 0. The SMILES string of the molecule is CN1CCCCC1(Br)CCCCCCBr. The first-order valence-electron chi connectivity index (χ1n) is 6.15. The molecule has 0 aliphatic carbocycles. The van der Waals surface area contributed by atoms with Crippen LogP contribution in [0.15, 0.2) is 0 Å². The zero-order chi connectivity index (χ0) is 11.1. The molecule has 15 heavy (non-hydrogen) atoms. The minimum atomic E-state index is 0.319. The van der Waals surface area contributed by atoms with Gasteiger partial charge in [0.2, 0.25) is 0 Å². The van der Waals surface area contributed by atoms with Gasteiger partial charge in [-0.1, -0.05) is 51.1 Å². The number of likely N-dealkylation sites (tertiary alicyclic amines) is 1. The second-order valence-electron chi connectivity index (χ2n) is 4.65. The van der Waals surface area contributed by atoms with E-state index in [4.69, 9.17) is 0 Å². The fourth-order valence-electron chi connectivity index (χ4n) is 2.30. The maximum atomic E-state index is 3.95. The number of hydrogen-bond donors (Lipinski definition) is 0. The lowest BCUT2D eigenvalue weighted by molar-refractivity contribution is 0.149. The number of nitrogens with zero attached hydrogens (tertiary/aromatic N) is 1. The van der Waals surface area contributed by atoms with Crippen molar-refractivity contribution < 1.29 is 0 Å². The fraction of sp³-hybridized carbons (Fsp3) is 1.00. The Morgan fingerprint density at radius 2 is 1.87 bits per heavy atom. The zero-order valence-electron chi connectivity index (χ0n) is 9.77. The summed E-state index contributed by atoms with van der Waals surface area (Å²) in [6.45, 7) is 1.26. The molecular formula is C12H23Br2N. The van der Waals surface area contributed by atoms with Gasteiger partial charge in [-0.3, -0.25) is 4.90 Å². The summed E-state index contributed by atoms with van der Waals surface area (Å²) in [6.07, 6.45) is 10.8. The summed E-state index contributed by atoms with van der Waals surface area (Å²) in [6, 6.07) is 0. The van der Waals surface area contributed by atoms with Crippen LogP contribution in [0.25, 0.3) is 0 Å². The normalized spacial score (nSPS) is 28.2. The third-order valence-electron chi connectivity index (χ3n) is 3.43. The first-order chi connectivity index (χ1) is 7.19. The van der Waals surface area contributed by atoms with E-state index in [1.165, 1.54) is 57.9 Å². The average Bonchev–Trinajstić information content (AvgIpc) is 2.23. The molecule has 0 bridgehead atoms. The lowest BCUT2D eigenvalue weighted by Gasteiger charge is -2.41. The third kappa shape index (κ3) is 4.74. The Hall–Kier alpha value is 0.920. The molecule has 0 aromatic heterocycles. The first kappa shape index (κ1) is 14.0. The van der Waals surface area contributed by atoms with Gasteiger partial charge in [-0.15, -0.1) is 0 Å². The summed E-state index contributed by atoms with van der Waals surface area (Å²) in [4.78, 5) is 2.50. The number of hydrogen-bond acceptors (Lipinski definition) is 1. The number of piperidine rings is 1. The molecule has 0 saturated carbocycles. The molecular weight excluding hydrogens is 318 g/mol. The molecule has 0 radical (unpaired) electrons. The third-order valence-corrected chi connectivity index (χ3v) is 5.39. The van der Waals surface area contributed by atoms with E-state index in [0.29, 0.717) is 4.45 Å². The van der Waals surface area contributed by atoms with E-state index in [2.05, 4.69) is 43.8 Å². The molecule has 1 heterocycles. The van der Waals surface area contributed by atoms with Crippen LogP contribution in [0.4, 0.5) is 0 Å². The van der Waals surface area contributed by atoms with Gasteiger partial charge in [0.05, 0.1) is 4.45 Å². The van der Waals surface area contributed by atoms with Gasteiger partial charge in [0.25, 0.3) is 0 Å². The quantitative estimate of drug-likeness (QED) is 0.390. The van der Waals surface area contributed by atoms with Gasteiger partial charge in [-0.05, 0) is 45.7 Å². The predicted octanol–water partition coefficient (Wildman–Crippen LogP) is 4.54.